The van der Waals surface area contributed by atoms with Gasteiger partial charge in [-0.1, -0.05) is 23.1 Å². The summed E-state index contributed by atoms with van der Waals surface area (Å²) in [6.45, 7) is 10.9. The van der Waals surface area contributed by atoms with Crippen molar-refractivity contribution in [2.75, 3.05) is 25.4 Å². The number of nitrogens with zero attached hydrogens (tertiary/aromatic N) is 6. The maximum atomic E-state index is 13.3. The fourth-order valence-corrected chi connectivity index (χ4v) is 7.13. The molecular formula is C26H35N7O2S3. The molecule has 4 heterocycles. The highest BCUT2D eigenvalue weighted by molar-refractivity contribution is 8.01. The summed E-state index contributed by atoms with van der Waals surface area (Å²) in [7, 11) is 0. The molecule has 38 heavy (non-hydrogen) atoms. The third kappa shape index (κ3) is 7.58. The van der Waals surface area contributed by atoms with Crippen LogP contribution in [0.5, 0.6) is 0 Å². The molecule has 1 unspecified atom stereocenters. The summed E-state index contributed by atoms with van der Waals surface area (Å²) in [6, 6.07) is 2.65. The van der Waals surface area contributed by atoms with Gasteiger partial charge in [0.2, 0.25) is 5.91 Å². The lowest BCUT2D eigenvalue weighted by atomic mass is 10.00. The molecule has 1 N–H and O–H groups in total. The molecule has 3 aromatic rings. The molecule has 0 bridgehead atoms. The largest absolute Gasteiger partial charge is 0.352 e. The Morgan fingerprint density at radius 1 is 1.18 bits per heavy atom. The summed E-state index contributed by atoms with van der Waals surface area (Å²) in [5.74, 6) is 0.412. The van der Waals surface area contributed by atoms with Gasteiger partial charge >= 0.3 is 0 Å². The average molecular weight is 574 g/mol. The lowest BCUT2D eigenvalue weighted by molar-refractivity contribution is -0.132. The number of amides is 2. The number of carbonyl (C=O) groups excluding carboxylic acids is 2. The van der Waals surface area contributed by atoms with Crippen molar-refractivity contribution in [2.24, 2.45) is 0 Å². The summed E-state index contributed by atoms with van der Waals surface area (Å²) in [6.07, 6.45) is 4.22. The lowest BCUT2D eigenvalue weighted by Crippen LogP contribution is -2.49. The molecule has 0 radical (unpaired) electrons. The SMILES string of the molecule is Cc1nnc(SCC(=O)N(Cc2ccsc2)C2CCN(C(C)CCNC(=O)c3c(C)ncnc3C)CC2)s1. The molecule has 0 aliphatic carbocycles. The van der Waals surface area contributed by atoms with E-state index in [1.54, 1.807) is 11.3 Å². The van der Waals surface area contributed by atoms with Gasteiger partial charge in [-0.2, -0.15) is 11.3 Å². The second-order valence-electron chi connectivity index (χ2n) is 9.61. The summed E-state index contributed by atoms with van der Waals surface area (Å²) in [4.78, 5) is 38.8. The van der Waals surface area contributed by atoms with Crippen molar-refractivity contribution in [3.63, 3.8) is 0 Å². The molecule has 1 fully saturated rings. The Morgan fingerprint density at radius 3 is 2.55 bits per heavy atom. The summed E-state index contributed by atoms with van der Waals surface area (Å²) < 4.78 is 0.840. The predicted molar refractivity (Wildman–Crippen MR) is 153 cm³/mol. The van der Waals surface area contributed by atoms with E-state index in [1.165, 1.54) is 35.0 Å². The third-order valence-corrected chi connectivity index (χ3v) is 9.63. The molecule has 0 saturated carbocycles. The van der Waals surface area contributed by atoms with Crippen molar-refractivity contribution in [3.05, 3.63) is 50.7 Å². The minimum Gasteiger partial charge on any atom is -0.352 e. The van der Waals surface area contributed by atoms with Gasteiger partial charge in [0.1, 0.15) is 11.3 Å². The first-order valence-corrected chi connectivity index (χ1v) is 15.6. The van der Waals surface area contributed by atoms with Crippen LogP contribution in [0.2, 0.25) is 0 Å². The van der Waals surface area contributed by atoms with Crippen LogP contribution in [-0.4, -0.2) is 79.3 Å². The van der Waals surface area contributed by atoms with Gasteiger partial charge in [-0.3, -0.25) is 9.59 Å². The Kier molecular flexibility index (Phi) is 10.2. The molecule has 1 aliphatic rings. The van der Waals surface area contributed by atoms with E-state index in [0.29, 0.717) is 41.8 Å². The predicted octanol–water partition coefficient (Wildman–Crippen LogP) is 4.11. The topological polar surface area (TPSA) is 104 Å². The van der Waals surface area contributed by atoms with Crippen molar-refractivity contribution >= 4 is 46.2 Å². The van der Waals surface area contributed by atoms with Crippen LogP contribution in [-0.2, 0) is 11.3 Å². The Hall–Kier alpha value is -2.41. The smallest absolute Gasteiger partial charge is 0.254 e. The number of carbonyl (C=O) groups is 2. The highest BCUT2D eigenvalue weighted by Gasteiger charge is 2.30. The zero-order chi connectivity index (χ0) is 27.1. The number of thiophene rings is 1. The molecule has 0 spiro atoms. The van der Waals surface area contributed by atoms with Gasteiger partial charge in [0.05, 0.1) is 22.7 Å². The molecule has 12 heteroatoms. The summed E-state index contributed by atoms with van der Waals surface area (Å²) in [5, 5.41) is 16.3. The second-order valence-corrected chi connectivity index (χ2v) is 12.8. The standard InChI is InChI=1S/C26H35N7O2S3/c1-17(5-9-27-25(35)24-18(2)28-16-29-19(24)3)32-10-6-22(7-11-32)33(13-21-8-12-36-14-21)23(34)15-37-26-31-30-20(4)38-26/h8,12,14,16-17,22H,5-7,9-11,13,15H2,1-4H3,(H,27,35). The van der Waals surface area contributed by atoms with Crippen LogP contribution in [0, 0.1) is 20.8 Å². The maximum absolute atomic E-state index is 13.3. The average Bonchev–Trinajstić information content (AvgIpc) is 3.57. The Bertz CT molecular complexity index is 1190. The van der Waals surface area contributed by atoms with Gasteiger partial charge in [0.15, 0.2) is 4.34 Å². The first-order valence-electron chi connectivity index (χ1n) is 12.9. The Morgan fingerprint density at radius 2 is 1.92 bits per heavy atom. The number of rotatable bonds is 11. The second kappa shape index (κ2) is 13.6. The van der Waals surface area contributed by atoms with Crippen LogP contribution in [0.3, 0.4) is 0 Å². The van der Waals surface area contributed by atoms with Gasteiger partial charge in [-0.25, -0.2) is 9.97 Å². The van der Waals surface area contributed by atoms with Gasteiger partial charge in [0.25, 0.3) is 5.91 Å². The number of piperidine rings is 1. The molecule has 3 aromatic heterocycles. The molecule has 2 amide bonds. The van der Waals surface area contributed by atoms with Crippen LogP contribution in [0.25, 0.3) is 0 Å². The molecule has 9 nitrogen and oxygen atoms in total. The maximum Gasteiger partial charge on any atom is 0.254 e. The van der Waals surface area contributed by atoms with Gasteiger partial charge in [0, 0.05) is 38.3 Å². The van der Waals surface area contributed by atoms with Crippen molar-refractivity contribution in [3.8, 4) is 0 Å². The van der Waals surface area contributed by atoms with Crippen molar-refractivity contribution < 1.29 is 9.59 Å². The van der Waals surface area contributed by atoms with Crippen LogP contribution in [0.4, 0.5) is 0 Å². The summed E-state index contributed by atoms with van der Waals surface area (Å²) >= 11 is 4.66. The number of nitrogens with one attached hydrogen (secondary N) is 1. The molecule has 1 atom stereocenters. The van der Waals surface area contributed by atoms with Crippen LogP contribution >= 0.6 is 34.4 Å². The van der Waals surface area contributed by atoms with Gasteiger partial charge < -0.3 is 15.1 Å². The fraction of sp³-hybridized carbons (Fsp3) is 0.538. The van der Waals surface area contributed by atoms with E-state index < -0.39 is 0 Å². The fourth-order valence-electron chi connectivity index (χ4n) is 4.77. The number of thioether (sulfide) groups is 1. The normalized spacial score (nSPS) is 15.4. The zero-order valence-corrected chi connectivity index (χ0v) is 24.8. The van der Waals surface area contributed by atoms with E-state index in [-0.39, 0.29) is 17.9 Å². The number of aromatic nitrogens is 4. The number of aryl methyl sites for hydroxylation is 3. The lowest BCUT2D eigenvalue weighted by Gasteiger charge is -2.40. The number of hydrogen-bond donors (Lipinski definition) is 1. The molecule has 1 saturated heterocycles. The van der Waals surface area contributed by atoms with E-state index in [2.05, 4.69) is 59.0 Å². The van der Waals surface area contributed by atoms with E-state index in [9.17, 15) is 9.59 Å². The number of hydrogen-bond acceptors (Lipinski definition) is 10. The molecule has 4 rings (SSSR count). The Balaban J connectivity index is 1.27. The highest BCUT2D eigenvalue weighted by Crippen LogP contribution is 2.26. The minimum atomic E-state index is -0.115. The first-order chi connectivity index (χ1) is 18.3. The quantitative estimate of drug-likeness (QED) is 0.342. The van der Waals surface area contributed by atoms with E-state index in [1.807, 2.05) is 20.8 Å². The minimum absolute atomic E-state index is 0.115. The van der Waals surface area contributed by atoms with Crippen molar-refractivity contribution in [2.45, 2.75) is 69.9 Å². The first kappa shape index (κ1) is 28.6. The van der Waals surface area contributed by atoms with E-state index >= 15 is 0 Å². The zero-order valence-electron chi connectivity index (χ0n) is 22.3. The van der Waals surface area contributed by atoms with E-state index in [4.69, 9.17) is 0 Å². The highest BCUT2D eigenvalue weighted by atomic mass is 32.2. The third-order valence-electron chi connectivity index (χ3n) is 6.94. The molecule has 204 valence electrons. The van der Waals surface area contributed by atoms with Gasteiger partial charge in [-0.15, -0.1) is 10.2 Å². The molecule has 1 aliphatic heterocycles. The van der Waals surface area contributed by atoms with Crippen molar-refractivity contribution in [1.29, 1.82) is 0 Å². The summed E-state index contributed by atoms with van der Waals surface area (Å²) in [5.41, 5.74) is 3.14. The van der Waals surface area contributed by atoms with Crippen LogP contribution < -0.4 is 5.32 Å². The van der Waals surface area contributed by atoms with Crippen LogP contribution in [0.1, 0.15) is 58.5 Å². The number of likely N-dealkylation sites (tertiary alicyclic amines) is 1. The molecular weight excluding hydrogens is 539 g/mol. The Labute approximate surface area is 236 Å². The van der Waals surface area contributed by atoms with Crippen molar-refractivity contribution in [1.82, 2.24) is 35.3 Å². The van der Waals surface area contributed by atoms with E-state index in [0.717, 1.165) is 41.7 Å². The monoisotopic (exact) mass is 573 g/mol. The van der Waals surface area contributed by atoms with Gasteiger partial charge in [-0.05, 0) is 69.3 Å². The molecule has 0 aromatic carbocycles. The van der Waals surface area contributed by atoms with Crippen LogP contribution in [0.15, 0.2) is 27.5 Å².